The fraction of sp³-hybridized carbons (Fsp3) is 0.500. The highest BCUT2D eigenvalue weighted by Crippen LogP contribution is 2.36. The van der Waals surface area contributed by atoms with Gasteiger partial charge in [0.25, 0.3) is 0 Å². The lowest BCUT2D eigenvalue weighted by atomic mass is 9.77. The molecule has 0 aliphatic carbocycles. The normalized spacial score (nSPS) is 19.3. The molecule has 1 fully saturated rings. The summed E-state index contributed by atoms with van der Waals surface area (Å²) in [6.07, 6.45) is 1.19. The number of benzene rings is 1. The lowest BCUT2D eigenvalue weighted by Gasteiger charge is -2.37. The van der Waals surface area contributed by atoms with Crippen molar-refractivity contribution in [2.45, 2.75) is 31.1 Å². The van der Waals surface area contributed by atoms with Crippen molar-refractivity contribution in [2.75, 3.05) is 13.1 Å². The van der Waals surface area contributed by atoms with Gasteiger partial charge in [0, 0.05) is 18.1 Å². The molecule has 1 aliphatic rings. The Morgan fingerprint density at radius 3 is 2.24 bits per heavy atom. The molecule has 1 N–H and O–H groups in total. The Morgan fingerprint density at radius 2 is 1.81 bits per heavy atom. The minimum atomic E-state index is -3.58. The van der Waals surface area contributed by atoms with Crippen LogP contribution in [0.5, 0.6) is 0 Å². The zero-order valence-electron chi connectivity index (χ0n) is 11.8. The summed E-state index contributed by atoms with van der Waals surface area (Å²) in [6, 6.07) is 6.00. The first-order chi connectivity index (χ1) is 9.82. The standard InChI is InChI=1S/C14H18ClNO4S/c1-2-14(13(17)18)7-9-16(10-8-14)21(19,20)12-5-3-11(15)4-6-12/h3-6H,2,7-10H2,1H3,(H,17,18). The average Bonchev–Trinajstić information content (AvgIpc) is 2.47. The molecule has 0 saturated carbocycles. The molecule has 0 aromatic heterocycles. The Morgan fingerprint density at radius 1 is 1.29 bits per heavy atom. The lowest BCUT2D eigenvalue weighted by molar-refractivity contribution is -0.151. The van der Waals surface area contributed by atoms with Crippen molar-refractivity contribution < 1.29 is 18.3 Å². The van der Waals surface area contributed by atoms with Crippen LogP contribution in [0.4, 0.5) is 0 Å². The summed E-state index contributed by atoms with van der Waals surface area (Å²) in [5.41, 5.74) is -0.800. The Bertz CT molecular complexity index is 619. The van der Waals surface area contributed by atoms with Crippen LogP contribution in [0.15, 0.2) is 29.2 Å². The predicted molar refractivity (Wildman–Crippen MR) is 79.8 cm³/mol. The molecule has 0 spiro atoms. The Hall–Kier alpha value is -1.11. The quantitative estimate of drug-likeness (QED) is 0.920. The molecule has 5 nitrogen and oxygen atoms in total. The number of sulfonamides is 1. The summed E-state index contributed by atoms with van der Waals surface area (Å²) < 4.78 is 26.4. The summed E-state index contributed by atoms with van der Waals surface area (Å²) >= 11 is 5.76. The molecule has 1 aromatic rings. The number of halogens is 1. The smallest absolute Gasteiger partial charge is 0.309 e. The number of carbonyl (C=O) groups is 1. The highest BCUT2D eigenvalue weighted by atomic mass is 35.5. The van der Waals surface area contributed by atoms with Gasteiger partial charge in [-0.15, -0.1) is 0 Å². The van der Waals surface area contributed by atoms with E-state index in [9.17, 15) is 18.3 Å². The molecule has 0 unspecified atom stereocenters. The first-order valence-electron chi connectivity index (χ1n) is 6.81. The molecule has 2 rings (SSSR count). The topological polar surface area (TPSA) is 74.7 Å². The number of aliphatic carboxylic acids is 1. The van der Waals surface area contributed by atoms with Crippen LogP contribution < -0.4 is 0 Å². The molecule has 0 bridgehead atoms. The zero-order valence-corrected chi connectivity index (χ0v) is 13.3. The van der Waals surface area contributed by atoms with E-state index < -0.39 is 21.4 Å². The van der Waals surface area contributed by atoms with Crippen LogP contribution in [0.2, 0.25) is 5.02 Å². The first-order valence-corrected chi connectivity index (χ1v) is 8.63. The third-order valence-electron chi connectivity index (χ3n) is 4.26. The van der Waals surface area contributed by atoms with E-state index in [4.69, 9.17) is 11.6 Å². The van der Waals surface area contributed by atoms with Gasteiger partial charge in [0.05, 0.1) is 10.3 Å². The molecular formula is C14H18ClNO4S. The largest absolute Gasteiger partial charge is 0.481 e. The maximum absolute atomic E-state index is 12.5. The molecule has 0 atom stereocenters. The second kappa shape index (κ2) is 5.94. The van der Waals surface area contributed by atoms with Gasteiger partial charge >= 0.3 is 5.97 Å². The SMILES string of the molecule is CCC1(C(=O)O)CCN(S(=O)(=O)c2ccc(Cl)cc2)CC1. The van der Waals surface area contributed by atoms with Crippen molar-refractivity contribution in [1.29, 1.82) is 0 Å². The lowest BCUT2D eigenvalue weighted by Crippen LogP contribution is -2.46. The Balaban J connectivity index is 2.18. The van der Waals surface area contributed by atoms with Crippen molar-refractivity contribution in [3.63, 3.8) is 0 Å². The van der Waals surface area contributed by atoms with E-state index in [2.05, 4.69) is 0 Å². The molecule has 7 heteroatoms. The van der Waals surface area contributed by atoms with E-state index in [1.807, 2.05) is 6.92 Å². The summed E-state index contributed by atoms with van der Waals surface area (Å²) in [5.74, 6) is -0.839. The third-order valence-corrected chi connectivity index (χ3v) is 6.43. The fourth-order valence-corrected chi connectivity index (χ4v) is 4.20. The van der Waals surface area contributed by atoms with Crippen molar-refractivity contribution >= 4 is 27.6 Å². The van der Waals surface area contributed by atoms with Gasteiger partial charge in [-0.05, 0) is 43.5 Å². The number of carboxylic acids is 1. The van der Waals surface area contributed by atoms with E-state index in [0.717, 1.165) is 0 Å². The summed E-state index contributed by atoms with van der Waals surface area (Å²) in [6.45, 7) is 2.29. The minimum Gasteiger partial charge on any atom is -0.481 e. The van der Waals surface area contributed by atoms with Crippen LogP contribution in [0.3, 0.4) is 0 Å². The molecule has 1 heterocycles. The van der Waals surface area contributed by atoms with Gasteiger partial charge in [0.15, 0.2) is 0 Å². The van der Waals surface area contributed by atoms with Crippen molar-refractivity contribution in [2.24, 2.45) is 5.41 Å². The Labute approximate surface area is 129 Å². The van der Waals surface area contributed by atoms with Crippen LogP contribution in [0, 0.1) is 5.41 Å². The summed E-state index contributed by atoms with van der Waals surface area (Å²) in [7, 11) is -3.58. The number of rotatable bonds is 4. The Kier molecular flexibility index (Phi) is 4.60. The van der Waals surface area contributed by atoms with Gasteiger partial charge in [-0.1, -0.05) is 18.5 Å². The number of carboxylic acid groups (broad SMARTS) is 1. The second-order valence-corrected chi connectivity index (χ2v) is 7.67. The van der Waals surface area contributed by atoms with E-state index >= 15 is 0 Å². The van der Waals surface area contributed by atoms with E-state index in [1.54, 1.807) is 0 Å². The van der Waals surface area contributed by atoms with Crippen LogP contribution in [-0.2, 0) is 14.8 Å². The molecule has 0 radical (unpaired) electrons. The van der Waals surface area contributed by atoms with Crippen molar-refractivity contribution in [1.82, 2.24) is 4.31 Å². The predicted octanol–water partition coefficient (Wildman–Crippen LogP) is 2.61. The maximum atomic E-state index is 12.5. The first kappa shape index (κ1) is 16.3. The minimum absolute atomic E-state index is 0.186. The molecular weight excluding hydrogens is 314 g/mol. The van der Waals surface area contributed by atoms with E-state index in [-0.39, 0.29) is 18.0 Å². The van der Waals surface area contributed by atoms with Gasteiger partial charge in [0.1, 0.15) is 0 Å². The van der Waals surface area contributed by atoms with Crippen LogP contribution in [0.1, 0.15) is 26.2 Å². The zero-order chi connectivity index (χ0) is 15.7. The second-order valence-electron chi connectivity index (χ2n) is 5.30. The molecule has 21 heavy (non-hydrogen) atoms. The number of piperidine rings is 1. The molecule has 0 amide bonds. The van der Waals surface area contributed by atoms with E-state index in [1.165, 1.54) is 28.6 Å². The number of hydrogen-bond donors (Lipinski definition) is 1. The maximum Gasteiger partial charge on any atom is 0.309 e. The molecule has 1 aromatic carbocycles. The van der Waals surface area contributed by atoms with Crippen molar-refractivity contribution in [3.05, 3.63) is 29.3 Å². The van der Waals surface area contributed by atoms with E-state index in [0.29, 0.717) is 24.3 Å². The van der Waals surface area contributed by atoms with Gasteiger partial charge in [-0.3, -0.25) is 4.79 Å². The number of hydrogen-bond acceptors (Lipinski definition) is 3. The van der Waals surface area contributed by atoms with Gasteiger partial charge in [-0.25, -0.2) is 8.42 Å². The summed E-state index contributed by atoms with van der Waals surface area (Å²) in [5, 5.41) is 9.82. The van der Waals surface area contributed by atoms with Gasteiger partial charge in [-0.2, -0.15) is 4.31 Å². The van der Waals surface area contributed by atoms with Gasteiger partial charge in [0.2, 0.25) is 10.0 Å². The molecule has 116 valence electrons. The van der Waals surface area contributed by atoms with Crippen LogP contribution in [-0.4, -0.2) is 36.9 Å². The average molecular weight is 332 g/mol. The van der Waals surface area contributed by atoms with Crippen molar-refractivity contribution in [3.8, 4) is 0 Å². The van der Waals surface area contributed by atoms with Crippen LogP contribution >= 0.6 is 11.6 Å². The van der Waals surface area contributed by atoms with Gasteiger partial charge < -0.3 is 5.11 Å². The molecule has 1 aliphatic heterocycles. The van der Waals surface area contributed by atoms with Crippen LogP contribution in [0.25, 0.3) is 0 Å². The highest BCUT2D eigenvalue weighted by Gasteiger charge is 2.42. The number of nitrogens with zero attached hydrogens (tertiary/aromatic N) is 1. The monoisotopic (exact) mass is 331 g/mol. The highest BCUT2D eigenvalue weighted by molar-refractivity contribution is 7.89. The fourth-order valence-electron chi connectivity index (χ4n) is 2.63. The third kappa shape index (κ3) is 3.07. The molecule has 1 saturated heterocycles. The summed E-state index contributed by atoms with van der Waals surface area (Å²) in [4.78, 5) is 11.6.